The van der Waals surface area contributed by atoms with Crippen LogP contribution in [0.2, 0.25) is 0 Å². The fourth-order valence-electron chi connectivity index (χ4n) is 0.860. The van der Waals surface area contributed by atoms with Crippen molar-refractivity contribution < 1.29 is 9.53 Å². The molecular formula is C9H9BrO2. The summed E-state index contributed by atoms with van der Waals surface area (Å²) in [5.74, 6) is 0.773. The van der Waals surface area contributed by atoms with Crippen LogP contribution in [0.3, 0.4) is 0 Å². The monoisotopic (exact) mass is 228 g/mol. The molecular weight excluding hydrogens is 220 g/mol. The molecule has 0 saturated heterocycles. The summed E-state index contributed by atoms with van der Waals surface area (Å²) in [5, 5.41) is 0. The van der Waals surface area contributed by atoms with E-state index in [1.165, 1.54) is 0 Å². The van der Waals surface area contributed by atoms with Gasteiger partial charge in [-0.3, -0.25) is 4.79 Å². The summed E-state index contributed by atoms with van der Waals surface area (Å²) in [4.78, 5) is 10.4. The average Bonchev–Trinajstić information content (AvgIpc) is 2.05. The summed E-state index contributed by atoms with van der Waals surface area (Å²) >= 11 is 3.27. The number of carbonyl (C=O) groups is 1. The van der Waals surface area contributed by atoms with E-state index in [1.54, 1.807) is 18.2 Å². The molecule has 0 spiro atoms. The zero-order valence-corrected chi connectivity index (χ0v) is 8.30. The quantitative estimate of drug-likeness (QED) is 0.744. The molecule has 0 heterocycles. The van der Waals surface area contributed by atoms with Crippen molar-refractivity contribution in [2.45, 2.75) is 6.92 Å². The first kappa shape index (κ1) is 9.26. The highest BCUT2D eigenvalue weighted by atomic mass is 79.9. The van der Waals surface area contributed by atoms with E-state index in [1.807, 2.05) is 6.92 Å². The lowest BCUT2D eigenvalue weighted by Gasteiger charge is -2.03. The van der Waals surface area contributed by atoms with Crippen molar-refractivity contribution in [1.82, 2.24) is 0 Å². The zero-order chi connectivity index (χ0) is 8.97. The highest BCUT2D eigenvalue weighted by molar-refractivity contribution is 9.10. The Bertz CT molecular complexity index is 284. The molecule has 0 bridgehead atoms. The maximum absolute atomic E-state index is 10.4. The van der Waals surface area contributed by atoms with Gasteiger partial charge in [-0.05, 0) is 41.1 Å². The second-order valence-corrected chi connectivity index (χ2v) is 3.09. The molecule has 0 atom stereocenters. The summed E-state index contributed by atoms with van der Waals surface area (Å²) < 4.78 is 6.01. The van der Waals surface area contributed by atoms with Crippen molar-refractivity contribution in [1.29, 1.82) is 0 Å². The molecule has 0 aromatic heterocycles. The fraction of sp³-hybridized carbons (Fsp3) is 0.222. The Hall–Kier alpha value is -0.830. The van der Waals surface area contributed by atoms with Gasteiger partial charge in [-0.2, -0.15) is 0 Å². The topological polar surface area (TPSA) is 26.3 Å². The summed E-state index contributed by atoms with van der Waals surface area (Å²) in [5.41, 5.74) is 0.637. The second kappa shape index (κ2) is 4.26. The number of hydrogen-bond donors (Lipinski definition) is 0. The van der Waals surface area contributed by atoms with Gasteiger partial charge in [0.1, 0.15) is 5.75 Å². The van der Waals surface area contributed by atoms with Crippen molar-refractivity contribution in [3.63, 3.8) is 0 Å². The van der Waals surface area contributed by atoms with Crippen molar-refractivity contribution in [3.05, 3.63) is 28.2 Å². The molecule has 0 saturated carbocycles. The molecule has 1 aromatic rings. The van der Waals surface area contributed by atoms with Crippen molar-refractivity contribution in [2.75, 3.05) is 6.61 Å². The molecule has 0 amide bonds. The van der Waals surface area contributed by atoms with Crippen LogP contribution in [0.1, 0.15) is 17.3 Å². The van der Waals surface area contributed by atoms with E-state index < -0.39 is 0 Å². The lowest BCUT2D eigenvalue weighted by molar-refractivity contribution is 0.112. The minimum atomic E-state index is 0.632. The molecule has 0 fully saturated rings. The molecule has 0 N–H and O–H groups in total. The van der Waals surface area contributed by atoms with E-state index in [-0.39, 0.29) is 0 Å². The Kier molecular flexibility index (Phi) is 3.29. The van der Waals surface area contributed by atoms with Gasteiger partial charge < -0.3 is 4.74 Å². The molecule has 0 unspecified atom stereocenters. The van der Waals surface area contributed by atoms with Gasteiger partial charge in [0.15, 0.2) is 6.29 Å². The fourth-order valence-corrected chi connectivity index (χ4v) is 1.31. The maximum Gasteiger partial charge on any atom is 0.151 e. The molecule has 12 heavy (non-hydrogen) atoms. The number of benzene rings is 1. The van der Waals surface area contributed by atoms with Crippen LogP contribution in [0, 0.1) is 0 Å². The SMILES string of the molecule is CCOc1ccc(C=O)c(Br)c1. The predicted molar refractivity (Wildman–Crippen MR) is 50.7 cm³/mol. The maximum atomic E-state index is 10.4. The van der Waals surface area contributed by atoms with E-state index in [2.05, 4.69) is 15.9 Å². The van der Waals surface area contributed by atoms with Gasteiger partial charge >= 0.3 is 0 Å². The van der Waals surface area contributed by atoms with E-state index in [4.69, 9.17) is 4.74 Å². The van der Waals surface area contributed by atoms with Crippen LogP contribution in [0.4, 0.5) is 0 Å². The Morgan fingerprint density at radius 2 is 2.33 bits per heavy atom. The Morgan fingerprint density at radius 3 is 2.83 bits per heavy atom. The smallest absolute Gasteiger partial charge is 0.151 e. The summed E-state index contributed by atoms with van der Waals surface area (Å²) in [7, 11) is 0. The van der Waals surface area contributed by atoms with E-state index >= 15 is 0 Å². The highest BCUT2D eigenvalue weighted by Crippen LogP contribution is 2.21. The lowest BCUT2D eigenvalue weighted by Crippen LogP contribution is -1.92. The van der Waals surface area contributed by atoms with E-state index in [9.17, 15) is 4.79 Å². The number of aldehydes is 1. The van der Waals surface area contributed by atoms with Crippen LogP contribution in [0.25, 0.3) is 0 Å². The Labute approximate surface area is 79.7 Å². The lowest BCUT2D eigenvalue weighted by atomic mass is 10.2. The molecule has 64 valence electrons. The number of carbonyl (C=O) groups excluding carboxylic acids is 1. The van der Waals surface area contributed by atoms with Gasteiger partial charge in [-0.25, -0.2) is 0 Å². The summed E-state index contributed by atoms with van der Waals surface area (Å²) in [6.45, 7) is 2.55. The molecule has 0 aliphatic rings. The standard InChI is InChI=1S/C9H9BrO2/c1-2-12-8-4-3-7(6-11)9(10)5-8/h3-6H,2H2,1H3. The van der Waals surface area contributed by atoms with Crippen LogP contribution in [0.15, 0.2) is 22.7 Å². The molecule has 0 aliphatic carbocycles. The van der Waals surface area contributed by atoms with Crippen LogP contribution >= 0.6 is 15.9 Å². The van der Waals surface area contributed by atoms with E-state index in [0.717, 1.165) is 16.5 Å². The van der Waals surface area contributed by atoms with E-state index in [0.29, 0.717) is 12.2 Å². The van der Waals surface area contributed by atoms with Crippen LogP contribution < -0.4 is 4.74 Å². The minimum Gasteiger partial charge on any atom is -0.494 e. The minimum absolute atomic E-state index is 0.632. The van der Waals surface area contributed by atoms with Crippen molar-refractivity contribution >= 4 is 22.2 Å². The van der Waals surface area contributed by atoms with Crippen molar-refractivity contribution in [2.24, 2.45) is 0 Å². The Balaban J connectivity index is 2.93. The zero-order valence-electron chi connectivity index (χ0n) is 6.71. The average molecular weight is 229 g/mol. The largest absolute Gasteiger partial charge is 0.494 e. The van der Waals surface area contributed by atoms with Crippen molar-refractivity contribution in [3.8, 4) is 5.75 Å². The first-order chi connectivity index (χ1) is 5.77. The van der Waals surface area contributed by atoms with Crippen LogP contribution in [-0.2, 0) is 0 Å². The first-order valence-corrected chi connectivity index (χ1v) is 4.44. The third-order valence-corrected chi connectivity index (χ3v) is 2.10. The number of halogens is 1. The van der Waals surface area contributed by atoms with Crippen LogP contribution in [-0.4, -0.2) is 12.9 Å². The highest BCUT2D eigenvalue weighted by Gasteiger charge is 1.99. The molecule has 0 aliphatic heterocycles. The van der Waals surface area contributed by atoms with Gasteiger partial charge in [-0.15, -0.1) is 0 Å². The van der Waals surface area contributed by atoms with Gasteiger partial charge in [0.25, 0.3) is 0 Å². The number of rotatable bonds is 3. The first-order valence-electron chi connectivity index (χ1n) is 3.65. The molecule has 1 rings (SSSR count). The van der Waals surface area contributed by atoms with Gasteiger partial charge in [0.2, 0.25) is 0 Å². The predicted octanol–water partition coefficient (Wildman–Crippen LogP) is 2.66. The van der Waals surface area contributed by atoms with Crippen LogP contribution in [0.5, 0.6) is 5.75 Å². The summed E-state index contributed by atoms with van der Waals surface area (Å²) in [6.07, 6.45) is 0.805. The molecule has 3 heteroatoms. The molecule has 0 radical (unpaired) electrons. The normalized spacial score (nSPS) is 9.50. The number of hydrogen-bond acceptors (Lipinski definition) is 2. The van der Waals surface area contributed by atoms with Gasteiger partial charge in [0, 0.05) is 10.0 Å². The summed E-state index contributed by atoms with van der Waals surface area (Å²) in [6, 6.07) is 5.29. The molecule has 1 aromatic carbocycles. The third kappa shape index (κ3) is 2.08. The molecule has 2 nitrogen and oxygen atoms in total. The second-order valence-electron chi connectivity index (χ2n) is 2.23. The van der Waals surface area contributed by atoms with Gasteiger partial charge in [0.05, 0.1) is 6.61 Å². The Morgan fingerprint density at radius 1 is 1.58 bits per heavy atom. The number of ether oxygens (including phenoxy) is 1. The van der Waals surface area contributed by atoms with Gasteiger partial charge in [-0.1, -0.05) is 0 Å². The third-order valence-electron chi connectivity index (χ3n) is 1.41.